The summed E-state index contributed by atoms with van der Waals surface area (Å²) < 4.78 is 20.8. The zero-order valence-corrected chi connectivity index (χ0v) is 17.8. The third kappa shape index (κ3) is 4.90. The van der Waals surface area contributed by atoms with Crippen LogP contribution in [0.1, 0.15) is 26.3 Å². The summed E-state index contributed by atoms with van der Waals surface area (Å²) in [7, 11) is 1.56. The van der Waals surface area contributed by atoms with Crippen LogP contribution in [0.3, 0.4) is 0 Å². The smallest absolute Gasteiger partial charge is 0.259 e. The van der Waals surface area contributed by atoms with Gasteiger partial charge in [0.2, 0.25) is 0 Å². The van der Waals surface area contributed by atoms with Crippen LogP contribution in [0.5, 0.6) is 5.75 Å². The topological polar surface area (TPSA) is 99.2 Å². The van der Waals surface area contributed by atoms with Crippen molar-refractivity contribution in [3.63, 3.8) is 0 Å². The number of amides is 2. The van der Waals surface area contributed by atoms with Gasteiger partial charge >= 0.3 is 0 Å². The number of carbonyl (C=O) groups excluding carboxylic acids is 2. The number of hydrogen-bond donors (Lipinski definition) is 2. The van der Waals surface area contributed by atoms with Crippen LogP contribution in [0.4, 0.5) is 10.1 Å². The molecule has 3 N–H and O–H groups in total. The number of hydrogen-bond acceptors (Lipinski definition) is 4. The van der Waals surface area contributed by atoms with E-state index >= 15 is 0 Å². The molecule has 1 aromatic heterocycles. The lowest BCUT2D eigenvalue weighted by Crippen LogP contribution is -2.16. The van der Waals surface area contributed by atoms with Gasteiger partial charge in [0.25, 0.3) is 11.8 Å². The van der Waals surface area contributed by atoms with Crippen molar-refractivity contribution in [2.24, 2.45) is 5.73 Å². The second kappa shape index (κ2) is 9.35. The molecule has 0 fully saturated rings. The van der Waals surface area contributed by atoms with Gasteiger partial charge in [-0.05, 0) is 35.9 Å². The first kappa shape index (κ1) is 21.8. The summed E-state index contributed by atoms with van der Waals surface area (Å²) in [4.78, 5) is 24.6. The van der Waals surface area contributed by atoms with Gasteiger partial charge in [0.15, 0.2) is 0 Å². The van der Waals surface area contributed by atoms with Crippen LogP contribution in [0.15, 0.2) is 79.0 Å². The normalized spacial score (nSPS) is 10.6. The summed E-state index contributed by atoms with van der Waals surface area (Å²) in [6.07, 6.45) is 1.65. The summed E-state index contributed by atoms with van der Waals surface area (Å²) in [6, 6.07) is 20.6. The predicted octanol–water partition coefficient (Wildman–Crippen LogP) is 4.10. The van der Waals surface area contributed by atoms with Crippen LogP contribution in [0, 0.1) is 5.82 Å². The molecule has 166 valence electrons. The van der Waals surface area contributed by atoms with E-state index in [4.69, 9.17) is 10.5 Å². The second-order valence-corrected chi connectivity index (χ2v) is 7.32. The molecule has 8 heteroatoms. The van der Waals surface area contributed by atoms with Crippen LogP contribution in [-0.2, 0) is 6.54 Å². The summed E-state index contributed by atoms with van der Waals surface area (Å²) in [6.45, 7) is 0.466. The summed E-state index contributed by atoms with van der Waals surface area (Å²) in [5.41, 5.74) is 7.63. The Bertz CT molecular complexity index is 1320. The Morgan fingerprint density at radius 3 is 2.55 bits per heavy atom. The van der Waals surface area contributed by atoms with E-state index in [1.54, 1.807) is 30.1 Å². The van der Waals surface area contributed by atoms with Crippen LogP contribution >= 0.6 is 0 Å². The maximum atomic E-state index is 13.8. The lowest BCUT2D eigenvalue weighted by atomic mass is 10.1. The highest BCUT2D eigenvalue weighted by atomic mass is 19.1. The number of anilines is 1. The minimum absolute atomic E-state index is 0.239. The molecule has 4 aromatic rings. The van der Waals surface area contributed by atoms with E-state index in [0.717, 1.165) is 11.6 Å². The first-order chi connectivity index (χ1) is 15.9. The zero-order valence-electron chi connectivity index (χ0n) is 17.8. The zero-order chi connectivity index (χ0) is 23.4. The molecular weight excluding hydrogens is 423 g/mol. The molecule has 2 amide bonds. The minimum Gasteiger partial charge on any atom is -0.497 e. The highest BCUT2D eigenvalue weighted by Gasteiger charge is 2.20. The first-order valence-electron chi connectivity index (χ1n) is 10.1. The van der Waals surface area contributed by atoms with Crippen molar-refractivity contribution >= 4 is 17.5 Å². The van der Waals surface area contributed by atoms with Gasteiger partial charge < -0.3 is 15.8 Å². The van der Waals surface area contributed by atoms with Gasteiger partial charge in [-0.25, -0.2) is 4.39 Å². The lowest BCUT2D eigenvalue weighted by molar-refractivity contribution is 0.0992. The Kier molecular flexibility index (Phi) is 6.17. The molecule has 0 radical (unpaired) electrons. The maximum Gasteiger partial charge on any atom is 0.259 e. The number of nitrogens with zero attached hydrogens (tertiary/aromatic N) is 2. The number of aromatic nitrogens is 2. The molecule has 0 saturated heterocycles. The Labute approximate surface area is 189 Å². The van der Waals surface area contributed by atoms with Gasteiger partial charge in [-0.1, -0.05) is 42.5 Å². The Morgan fingerprint density at radius 2 is 1.82 bits per heavy atom. The van der Waals surface area contributed by atoms with Crippen LogP contribution in [-0.4, -0.2) is 28.7 Å². The standard InChI is InChI=1S/C25H21FN4O3/c1-33-19-9-5-8-17(12-19)23-21(15-30(29-23)14-16-6-3-2-4-7-16)25(32)28-18-10-11-22(26)20(13-18)24(27)31/h2-13,15H,14H2,1H3,(H2,27,31)(H,28,32). The molecule has 0 aliphatic carbocycles. The van der Waals surface area contributed by atoms with Crippen molar-refractivity contribution < 1.29 is 18.7 Å². The van der Waals surface area contributed by atoms with Crippen molar-refractivity contribution in [1.29, 1.82) is 0 Å². The van der Waals surface area contributed by atoms with E-state index in [-0.39, 0.29) is 11.3 Å². The highest BCUT2D eigenvalue weighted by molar-refractivity contribution is 6.08. The summed E-state index contributed by atoms with van der Waals surface area (Å²) in [5, 5.41) is 7.34. The van der Waals surface area contributed by atoms with Gasteiger partial charge in [-0.3, -0.25) is 14.3 Å². The minimum atomic E-state index is -0.920. The average molecular weight is 444 g/mol. The van der Waals surface area contributed by atoms with Gasteiger partial charge in [0.1, 0.15) is 17.3 Å². The van der Waals surface area contributed by atoms with E-state index in [0.29, 0.717) is 29.1 Å². The molecule has 7 nitrogen and oxygen atoms in total. The molecule has 0 aliphatic heterocycles. The molecule has 4 rings (SSSR count). The molecule has 33 heavy (non-hydrogen) atoms. The maximum absolute atomic E-state index is 13.8. The quantitative estimate of drug-likeness (QED) is 0.448. The molecule has 3 aromatic carbocycles. The molecular formula is C25H21FN4O3. The predicted molar refractivity (Wildman–Crippen MR) is 123 cm³/mol. The number of carbonyl (C=O) groups is 2. The Balaban J connectivity index is 1.71. The van der Waals surface area contributed by atoms with Gasteiger partial charge in [-0.15, -0.1) is 0 Å². The fraction of sp³-hybridized carbons (Fsp3) is 0.0800. The third-order valence-electron chi connectivity index (χ3n) is 5.03. The molecule has 1 heterocycles. The fourth-order valence-electron chi connectivity index (χ4n) is 3.41. The number of nitrogens with one attached hydrogen (secondary N) is 1. The van der Waals surface area contributed by atoms with Crippen molar-refractivity contribution in [3.8, 4) is 17.0 Å². The molecule has 0 aliphatic rings. The molecule has 0 unspecified atom stereocenters. The van der Waals surface area contributed by atoms with Crippen molar-refractivity contribution in [2.45, 2.75) is 6.54 Å². The first-order valence-corrected chi connectivity index (χ1v) is 10.1. The van der Waals surface area contributed by atoms with E-state index in [2.05, 4.69) is 10.4 Å². The highest BCUT2D eigenvalue weighted by Crippen LogP contribution is 2.27. The van der Waals surface area contributed by atoms with E-state index in [9.17, 15) is 14.0 Å². The monoisotopic (exact) mass is 444 g/mol. The number of primary amides is 1. The van der Waals surface area contributed by atoms with E-state index in [1.165, 1.54) is 12.1 Å². The number of ether oxygens (including phenoxy) is 1. The fourth-order valence-corrected chi connectivity index (χ4v) is 3.41. The van der Waals surface area contributed by atoms with Gasteiger partial charge in [0.05, 0.1) is 24.8 Å². The van der Waals surface area contributed by atoms with Crippen molar-refractivity contribution in [1.82, 2.24) is 9.78 Å². The average Bonchev–Trinajstić information content (AvgIpc) is 3.25. The van der Waals surface area contributed by atoms with Crippen LogP contribution < -0.4 is 15.8 Å². The number of halogens is 1. The molecule has 0 saturated carbocycles. The number of rotatable bonds is 7. The number of benzene rings is 3. The molecule has 0 spiro atoms. The van der Waals surface area contributed by atoms with Crippen LogP contribution in [0.2, 0.25) is 0 Å². The summed E-state index contributed by atoms with van der Waals surface area (Å²) >= 11 is 0. The number of nitrogens with two attached hydrogens (primary N) is 1. The van der Waals surface area contributed by atoms with Crippen LogP contribution in [0.25, 0.3) is 11.3 Å². The Morgan fingerprint density at radius 1 is 1.03 bits per heavy atom. The van der Waals surface area contributed by atoms with E-state index in [1.807, 2.05) is 42.5 Å². The largest absolute Gasteiger partial charge is 0.497 e. The third-order valence-corrected chi connectivity index (χ3v) is 5.03. The van der Waals surface area contributed by atoms with Crippen molar-refractivity contribution in [2.75, 3.05) is 12.4 Å². The Hall–Kier alpha value is -4.46. The van der Waals surface area contributed by atoms with E-state index < -0.39 is 17.6 Å². The molecule has 0 bridgehead atoms. The van der Waals surface area contributed by atoms with Crippen molar-refractivity contribution in [3.05, 3.63) is 102 Å². The lowest BCUT2D eigenvalue weighted by Gasteiger charge is -2.08. The van der Waals surface area contributed by atoms with Gasteiger partial charge in [-0.2, -0.15) is 5.10 Å². The molecule has 0 atom stereocenters. The summed E-state index contributed by atoms with van der Waals surface area (Å²) in [5.74, 6) is -1.51. The second-order valence-electron chi connectivity index (χ2n) is 7.32. The van der Waals surface area contributed by atoms with Gasteiger partial charge in [0, 0.05) is 17.4 Å². The SMILES string of the molecule is COc1cccc(-c2nn(Cc3ccccc3)cc2C(=O)Nc2ccc(F)c(C(N)=O)c2)c1. The number of methoxy groups -OCH3 is 1.